The van der Waals surface area contributed by atoms with E-state index in [1.54, 1.807) is 63.2 Å². The lowest BCUT2D eigenvalue weighted by atomic mass is 10.0. The molecule has 2 aromatic rings. The second-order valence-corrected chi connectivity index (χ2v) is 11.5. The van der Waals surface area contributed by atoms with Gasteiger partial charge in [0.25, 0.3) is 17.7 Å². The molecule has 2 aromatic carbocycles. The third kappa shape index (κ3) is 6.67. The van der Waals surface area contributed by atoms with Crippen LogP contribution in [-0.4, -0.2) is 71.7 Å². The molecule has 0 aliphatic carbocycles. The summed E-state index contributed by atoms with van der Waals surface area (Å²) in [6.07, 6.45) is 2.36. The van der Waals surface area contributed by atoms with Crippen molar-refractivity contribution in [2.45, 2.75) is 71.1 Å². The molecular weight excluding hydrogens is 540 g/mol. The van der Waals surface area contributed by atoms with Gasteiger partial charge in [0.15, 0.2) is 0 Å². The Bertz CT molecular complexity index is 1390. The molecule has 222 valence electrons. The molecule has 0 radical (unpaired) electrons. The van der Waals surface area contributed by atoms with Crippen LogP contribution in [0, 0.1) is 0 Å². The molecule has 0 aromatic heterocycles. The van der Waals surface area contributed by atoms with Gasteiger partial charge in [0, 0.05) is 30.4 Å². The fourth-order valence-electron chi connectivity index (χ4n) is 5.18. The van der Waals surface area contributed by atoms with Crippen molar-refractivity contribution in [3.05, 3.63) is 64.7 Å². The third-order valence-corrected chi connectivity index (χ3v) is 7.26. The van der Waals surface area contributed by atoms with Crippen LogP contribution in [0.2, 0.25) is 0 Å². The maximum atomic E-state index is 13.2. The molecule has 2 aliphatic rings. The highest BCUT2D eigenvalue weighted by atomic mass is 16.6. The standard InChI is InChI=1S/C31H36N4O7/c1-5-6-25(27(38)32-18-36)35-28(39)23-12-11-22(17-24(23)29(35)40)34-15-13-21(14-16-34)33-26(37)19-7-9-20(10-8-19)30(41)42-31(2,3)4/h7-12,17-18,21,25H,5-6,13-16H2,1-4H3,(H,33,37)(H,32,36,38). The fraction of sp³-hybridized carbons (Fsp3) is 0.419. The van der Waals surface area contributed by atoms with E-state index in [0.717, 1.165) is 10.6 Å². The van der Waals surface area contributed by atoms with Gasteiger partial charge < -0.3 is 15.0 Å². The van der Waals surface area contributed by atoms with E-state index in [9.17, 15) is 28.8 Å². The Kier molecular flexibility index (Phi) is 9.08. The summed E-state index contributed by atoms with van der Waals surface area (Å²) in [5.74, 6) is -2.48. The summed E-state index contributed by atoms with van der Waals surface area (Å²) in [6, 6.07) is 10.3. The van der Waals surface area contributed by atoms with E-state index in [1.807, 2.05) is 6.92 Å². The van der Waals surface area contributed by atoms with Gasteiger partial charge in [-0.2, -0.15) is 0 Å². The first-order valence-electron chi connectivity index (χ1n) is 14.1. The number of piperidine rings is 1. The van der Waals surface area contributed by atoms with Crippen LogP contribution in [0.3, 0.4) is 0 Å². The number of hydrogen-bond donors (Lipinski definition) is 2. The molecule has 11 nitrogen and oxygen atoms in total. The minimum atomic E-state index is -1.07. The summed E-state index contributed by atoms with van der Waals surface area (Å²) in [6.45, 7) is 8.44. The number of nitrogens with one attached hydrogen (secondary N) is 2. The average molecular weight is 577 g/mol. The summed E-state index contributed by atoms with van der Waals surface area (Å²) in [5.41, 5.74) is 1.43. The van der Waals surface area contributed by atoms with Crippen molar-refractivity contribution in [3.8, 4) is 0 Å². The van der Waals surface area contributed by atoms with Gasteiger partial charge in [-0.25, -0.2) is 4.79 Å². The van der Waals surface area contributed by atoms with Crippen molar-refractivity contribution in [2.75, 3.05) is 18.0 Å². The van der Waals surface area contributed by atoms with Gasteiger partial charge in [-0.15, -0.1) is 0 Å². The van der Waals surface area contributed by atoms with Gasteiger partial charge in [-0.1, -0.05) is 13.3 Å². The normalized spacial score (nSPS) is 16.1. The van der Waals surface area contributed by atoms with Gasteiger partial charge in [-0.3, -0.25) is 34.2 Å². The van der Waals surface area contributed by atoms with Crippen molar-refractivity contribution in [3.63, 3.8) is 0 Å². The SMILES string of the molecule is CCCC(C(=O)NC=O)N1C(=O)c2ccc(N3CCC(NC(=O)c4ccc(C(=O)OC(C)(C)C)cc4)CC3)cc2C1=O. The molecule has 0 saturated carbocycles. The summed E-state index contributed by atoms with van der Waals surface area (Å²) in [5, 5.41) is 5.11. The second-order valence-electron chi connectivity index (χ2n) is 11.5. The number of amides is 5. The molecule has 42 heavy (non-hydrogen) atoms. The van der Waals surface area contributed by atoms with E-state index in [-0.39, 0.29) is 35.9 Å². The predicted octanol–water partition coefficient (Wildman–Crippen LogP) is 3.08. The van der Waals surface area contributed by atoms with E-state index in [4.69, 9.17) is 4.74 Å². The van der Waals surface area contributed by atoms with Crippen LogP contribution < -0.4 is 15.5 Å². The van der Waals surface area contributed by atoms with Crippen molar-refractivity contribution in [1.29, 1.82) is 0 Å². The smallest absolute Gasteiger partial charge is 0.338 e. The molecule has 4 rings (SSSR count). The van der Waals surface area contributed by atoms with E-state index >= 15 is 0 Å². The number of nitrogens with zero attached hydrogens (tertiary/aromatic N) is 2. The molecule has 11 heteroatoms. The number of rotatable bonds is 9. The summed E-state index contributed by atoms with van der Waals surface area (Å²) < 4.78 is 5.36. The number of esters is 1. The Morgan fingerprint density at radius 3 is 2.19 bits per heavy atom. The lowest BCUT2D eigenvalue weighted by molar-refractivity contribution is -0.128. The van der Waals surface area contributed by atoms with Crippen LogP contribution in [0.15, 0.2) is 42.5 Å². The van der Waals surface area contributed by atoms with E-state index in [1.165, 1.54) is 0 Å². The zero-order chi connectivity index (χ0) is 30.6. The van der Waals surface area contributed by atoms with Crippen LogP contribution in [0.4, 0.5) is 5.69 Å². The average Bonchev–Trinajstić information content (AvgIpc) is 3.20. The van der Waals surface area contributed by atoms with Crippen molar-refractivity contribution in [2.24, 2.45) is 0 Å². The summed E-state index contributed by atoms with van der Waals surface area (Å²) in [4.78, 5) is 77.6. The highest BCUT2D eigenvalue weighted by molar-refractivity contribution is 6.23. The van der Waals surface area contributed by atoms with Gasteiger partial charge in [-0.05, 0) is 82.5 Å². The fourth-order valence-corrected chi connectivity index (χ4v) is 5.18. The molecule has 1 saturated heterocycles. The van der Waals surface area contributed by atoms with Crippen LogP contribution in [0.1, 0.15) is 94.8 Å². The highest BCUT2D eigenvalue weighted by Crippen LogP contribution is 2.31. The molecule has 1 unspecified atom stereocenters. The Hall–Kier alpha value is -4.54. The second kappa shape index (κ2) is 12.5. The Labute approximate surface area is 244 Å². The zero-order valence-electron chi connectivity index (χ0n) is 24.3. The van der Waals surface area contributed by atoms with Crippen LogP contribution in [-0.2, 0) is 14.3 Å². The molecule has 0 bridgehead atoms. The van der Waals surface area contributed by atoms with E-state index < -0.39 is 35.3 Å². The lowest BCUT2D eigenvalue weighted by Crippen LogP contribution is -2.49. The first-order valence-corrected chi connectivity index (χ1v) is 14.1. The maximum absolute atomic E-state index is 13.2. The summed E-state index contributed by atoms with van der Waals surface area (Å²) >= 11 is 0. The zero-order valence-corrected chi connectivity index (χ0v) is 24.3. The molecule has 2 aliphatic heterocycles. The molecular formula is C31H36N4O7. The van der Waals surface area contributed by atoms with Gasteiger partial charge in [0.05, 0.1) is 16.7 Å². The number of anilines is 1. The molecule has 0 spiro atoms. The van der Waals surface area contributed by atoms with Gasteiger partial charge in [0.1, 0.15) is 11.6 Å². The number of carbonyl (C=O) groups is 6. The Morgan fingerprint density at radius 1 is 0.976 bits per heavy atom. The monoisotopic (exact) mass is 576 g/mol. The number of imide groups is 2. The topological polar surface area (TPSA) is 142 Å². The number of fused-ring (bicyclic) bond motifs is 1. The van der Waals surface area contributed by atoms with Crippen molar-refractivity contribution < 1.29 is 33.5 Å². The molecule has 2 N–H and O–H groups in total. The van der Waals surface area contributed by atoms with Crippen molar-refractivity contribution in [1.82, 2.24) is 15.5 Å². The van der Waals surface area contributed by atoms with Crippen LogP contribution >= 0.6 is 0 Å². The van der Waals surface area contributed by atoms with Gasteiger partial charge in [0.2, 0.25) is 12.3 Å². The number of ether oxygens (including phenoxy) is 1. The first-order chi connectivity index (χ1) is 19.9. The number of carbonyl (C=O) groups excluding carboxylic acids is 6. The summed E-state index contributed by atoms with van der Waals surface area (Å²) in [7, 11) is 0. The minimum Gasteiger partial charge on any atom is -0.456 e. The van der Waals surface area contributed by atoms with E-state index in [0.29, 0.717) is 43.5 Å². The molecule has 5 amide bonds. The third-order valence-electron chi connectivity index (χ3n) is 7.26. The molecule has 2 heterocycles. The minimum absolute atomic E-state index is 0.0569. The van der Waals surface area contributed by atoms with Gasteiger partial charge >= 0.3 is 5.97 Å². The lowest BCUT2D eigenvalue weighted by Gasteiger charge is -2.34. The van der Waals surface area contributed by atoms with Crippen LogP contribution in [0.25, 0.3) is 0 Å². The predicted molar refractivity (Wildman–Crippen MR) is 154 cm³/mol. The molecule has 1 atom stereocenters. The largest absolute Gasteiger partial charge is 0.456 e. The maximum Gasteiger partial charge on any atom is 0.338 e. The number of benzene rings is 2. The Morgan fingerprint density at radius 2 is 1.60 bits per heavy atom. The number of hydrogen-bond acceptors (Lipinski definition) is 8. The van der Waals surface area contributed by atoms with Crippen LogP contribution in [0.5, 0.6) is 0 Å². The Balaban J connectivity index is 1.36. The van der Waals surface area contributed by atoms with E-state index in [2.05, 4.69) is 15.5 Å². The molecule has 1 fully saturated rings. The first kappa shape index (κ1) is 30.4. The quantitative estimate of drug-likeness (QED) is 0.264. The van der Waals surface area contributed by atoms with Crippen molar-refractivity contribution >= 4 is 41.7 Å². The highest BCUT2D eigenvalue weighted by Gasteiger charge is 2.42.